The summed E-state index contributed by atoms with van der Waals surface area (Å²) < 4.78 is 16.1. The van der Waals surface area contributed by atoms with E-state index in [2.05, 4.69) is 12.2 Å². The maximum absolute atomic E-state index is 5.65. The van der Waals surface area contributed by atoms with Gasteiger partial charge in [0.15, 0.2) is 0 Å². The number of nitrogens with one attached hydrogen (secondary N) is 1. The second kappa shape index (κ2) is 9.83. The molecule has 0 spiro atoms. The first-order valence-corrected chi connectivity index (χ1v) is 6.77. The van der Waals surface area contributed by atoms with Gasteiger partial charge in [0.05, 0.1) is 12.7 Å². The highest BCUT2D eigenvalue weighted by Crippen LogP contribution is 2.22. The summed E-state index contributed by atoms with van der Waals surface area (Å²) >= 11 is 0. The third-order valence-corrected chi connectivity index (χ3v) is 3.22. The van der Waals surface area contributed by atoms with Crippen LogP contribution in [0.5, 0.6) is 0 Å². The van der Waals surface area contributed by atoms with Gasteiger partial charge in [-0.15, -0.1) is 0 Å². The Kier molecular flexibility index (Phi) is 8.61. The molecule has 0 bridgehead atoms. The number of ether oxygens (including phenoxy) is 3. The number of methoxy groups -OCH3 is 1. The summed E-state index contributed by atoms with van der Waals surface area (Å²) in [6.45, 7) is 7.47. The van der Waals surface area contributed by atoms with Gasteiger partial charge in [0, 0.05) is 40.0 Å². The summed E-state index contributed by atoms with van der Waals surface area (Å²) in [5.74, 6) is 0.688. The van der Waals surface area contributed by atoms with E-state index in [1.165, 1.54) is 6.42 Å². The van der Waals surface area contributed by atoms with Gasteiger partial charge in [-0.3, -0.25) is 0 Å². The van der Waals surface area contributed by atoms with Crippen molar-refractivity contribution in [2.24, 2.45) is 5.92 Å². The van der Waals surface area contributed by atoms with Crippen LogP contribution in [0.3, 0.4) is 0 Å². The number of hydrogen-bond donors (Lipinski definition) is 1. The van der Waals surface area contributed by atoms with Crippen molar-refractivity contribution in [3.8, 4) is 0 Å². The fourth-order valence-electron chi connectivity index (χ4n) is 2.22. The summed E-state index contributed by atoms with van der Waals surface area (Å²) in [7, 11) is 1.72. The van der Waals surface area contributed by atoms with Crippen molar-refractivity contribution >= 4 is 0 Å². The molecule has 0 aromatic carbocycles. The Bertz CT molecular complexity index is 178. The molecule has 17 heavy (non-hydrogen) atoms. The lowest BCUT2D eigenvalue weighted by Gasteiger charge is -2.17. The standard InChI is InChI=1S/C13H27NO3/c1-3-13-12(5-9-17-13)11-14-6-10-16-8-4-7-15-2/h12-14H,3-11H2,1-2H3. The van der Waals surface area contributed by atoms with Gasteiger partial charge >= 0.3 is 0 Å². The minimum absolute atomic E-state index is 0.463. The van der Waals surface area contributed by atoms with E-state index in [1.54, 1.807) is 7.11 Å². The lowest BCUT2D eigenvalue weighted by atomic mass is 10.00. The van der Waals surface area contributed by atoms with Gasteiger partial charge in [-0.25, -0.2) is 0 Å². The Balaban J connectivity index is 1.87. The highest BCUT2D eigenvalue weighted by atomic mass is 16.5. The van der Waals surface area contributed by atoms with E-state index in [-0.39, 0.29) is 0 Å². The van der Waals surface area contributed by atoms with Gasteiger partial charge < -0.3 is 19.5 Å². The molecule has 0 saturated carbocycles. The second-order valence-electron chi connectivity index (χ2n) is 4.53. The van der Waals surface area contributed by atoms with E-state index >= 15 is 0 Å². The number of hydrogen-bond acceptors (Lipinski definition) is 4. The van der Waals surface area contributed by atoms with E-state index in [0.717, 1.165) is 52.4 Å². The molecule has 102 valence electrons. The monoisotopic (exact) mass is 245 g/mol. The minimum atomic E-state index is 0.463. The van der Waals surface area contributed by atoms with Crippen molar-refractivity contribution in [1.29, 1.82) is 0 Å². The first kappa shape index (κ1) is 14.9. The van der Waals surface area contributed by atoms with Gasteiger partial charge in [0.1, 0.15) is 0 Å². The highest BCUT2D eigenvalue weighted by Gasteiger charge is 2.25. The second-order valence-corrected chi connectivity index (χ2v) is 4.53. The fourth-order valence-corrected chi connectivity index (χ4v) is 2.22. The van der Waals surface area contributed by atoms with Crippen molar-refractivity contribution in [2.75, 3.05) is 46.6 Å². The molecule has 1 saturated heterocycles. The number of rotatable bonds is 10. The van der Waals surface area contributed by atoms with Crippen LogP contribution >= 0.6 is 0 Å². The van der Waals surface area contributed by atoms with E-state index in [9.17, 15) is 0 Å². The molecule has 4 nitrogen and oxygen atoms in total. The Hall–Kier alpha value is -0.160. The summed E-state index contributed by atoms with van der Waals surface area (Å²) in [4.78, 5) is 0. The summed E-state index contributed by atoms with van der Waals surface area (Å²) in [6, 6.07) is 0. The molecule has 4 heteroatoms. The molecule has 1 heterocycles. The molecular weight excluding hydrogens is 218 g/mol. The molecule has 2 unspecified atom stereocenters. The van der Waals surface area contributed by atoms with Gasteiger partial charge in [-0.05, 0) is 25.2 Å². The molecule has 0 aromatic rings. The Morgan fingerprint density at radius 1 is 1.29 bits per heavy atom. The van der Waals surface area contributed by atoms with Gasteiger partial charge in [0.2, 0.25) is 0 Å². The summed E-state index contributed by atoms with van der Waals surface area (Å²) in [6.07, 6.45) is 3.76. The molecule has 1 N–H and O–H groups in total. The first-order valence-electron chi connectivity index (χ1n) is 6.77. The van der Waals surface area contributed by atoms with Crippen molar-refractivity contribution < 1.29 is 14.2 Å². The van der Waals surface area contributed by atoms with Crippen LogP contribution in [-0.4, -0.2) is 52.7 Å². The highest BCUT2D eigenvalue weighted by molar-refractivity contribution is 4.76. The topological polar surface area (TPSA) is 39.7 Å². The lowest BCUT2D eigenvalue weighted by Crippen LogP contribution is -2.30. The molecule has 0 aromatic heterocycles. The largest absolute Gasteiger partial charge is 0.385 e. The fraction of sp³-hybridized carbons (Fsp3) is 1.00. The molecule has 1 rings (SSSR count). The molecule has 0 radical (unpaired) electrons. The third-order valence-electron chi connectivity index (χ3n) is 3.22. The van der Waals surface area contributed by atoms with E-state index < -0.39 is 0 Å². The minimum Gasteiger partial charge on any atom is -0.385 e. The zero-order chi connectivity index (χ0) is 12.3. The van der Waals surface area contributed by atoms with Crippen molar-refractivity contribution in [3.63, 3.8) is 0 Å². The SMILES string of the molecule is CCC1OCCC1CNCCOCCCOC. The summed E-state index contributed by atoms with van der Waals surface area (Å²) in [5, 5.41) is 3.45. The maximum atomic E-state index is 5.65. The van der Waals surface area contributed by atoms with E-state index in [1.807, 2.05) is 0 Å². The smallest absolute Gasteiger partial charge is 0.0613 e. The van der Waals surface area contributed by atoms with Crippen LogP contribution in [0.4, 0.5) is 0 Å². The van der Waals surface area contributed by atoms with Crippen LogP contribution in [0, 0.1) is 5.92 Å². The van der Waals surface area contributed by atoms with E-state index in [4.69, 9.17) is 14.2 Å². The zero-order valence-electron chi connectivity index (χ0n) is 11.2. The zero-order valence-corrected chi connectivity index (χ0v) is 11.2. The first-order chi connectivity index (χ1) is 8.38. The van der Waals surface area contributed by atoms with Crippen LogP contribution in [0.25, 0.3) is 0 Å². The van der Waals surface area contributed by atoms with Crippen LogP contribution in [0.2, 0.25) is 0 Å². The molecular formula is C13H27NO3. The Morgan fingerprint density at radius 2 is 2.18 bits per heavy atom. The maximum Gasteiger partial charge on any atom is 0.0613 e. The molecule has 1 fully saturated rings. The summed E-state index contributed by atoms with van der Waals surface area (Å²) in [5.41, 5.74) is 0. The van der Waals surface area contributed by atoms with Crippen LogP contribution < -0.4 is 5.32 Å². The Morgan fingerprint density at radius 3 is 2.94 bits per heavy atom. The van der Waals surface area contributed by atoms with Gasteiger partial charge in [-0.1, -0.05) is 6.92 Å². The lowest BCUT2D eigenvalue weighted by molar-refractivity contribution is 0.0844. The van der Waals surface area contributed by atoms with Crippen LogP contribution in [-0.2, 0) is 14.2 Å². The predicted octanol–water partition coefficient (Wildman–Crippen LogP) is 1.44. The van der Waals surface area contributed by atoms with Crippen molar-refractivity contribution in [3.05, 3.63) is 0 Å². The van der Waals surface area contributed by atoms with Crippen molar-refractivity contribution in [1.82, 2.24) is 5.32 Å². The van der Waals surface area contributed by atoms with E-state index in [0.29, 0.717) is 12.0 Å². The van der Waals surface area contributed by atoms with Crippen molar-refractivity contribution in [2.45, 2.75) is 32.3 Å². The van der Waals surface area contributed by atoms with Gasteiger partial charge in [-0.2, -0.15) is 0 Å². The predicted molar refractivity (Wildman–Crippen MR) is 68.3 cm³/mol. The molecule has 1 aliphatic rings. The third kappa shape index (κ3) is 6.36. The van der Waals surface area contributed by atoms with Crippen LogP contribution in [0.15, 0.2) is 0 Å². The molecule has 2 atom stereocenters. The Labute approximate surface area is 105 Å². The normalized spacial score (nSPS) is 24.4. The average Bonchev–Trinajstić information content (AvgIpc) is 2.80. The quantitative estimate of drug-likeness (QED) is 0.591. The molecule has 0 aliphatic carbocycles. The average molecular weight is 245 g/mol. The van der Waals surface area contributed by atoms with Gasteiger partial charge in [0.25, 0.3) is 0 Å². The van der Waals surface area contributed by atoms with Crippen LogP contribution in [0.1, 0.15) is 26.2 Å². The molecule has 0 amide bonds. The molecule has 1 aliphatic heterocycles.